The van der Waals surface area contributed by atoms with Gasteiger partial charge in [-0.15, -0.1) is 0 Å². The molecule has 0 aromatic heterocycles. The molecule has 9 heteroatoms. The van der Waals surface area contributed by atoms with Crippen LogP contribution < -0.4 is 5.32 Å². The Labute approximate surface area is 173 Å². The van der Waals surface area contributed by atoms with Crippen LogP contribution in [0.1, 0.15) is 24.8 Å². The van der Waals surface area contributed by atoms with Gasteiger partial charge in [0.25, 0.3) is 0 Å². The topological polar surface area (TPSA) is 72.5 Å². The van der Waals surface area contributed by atoms with Crippen LogP contribution in [0, 0.1) is 11.6 Å². The van der Waals surface area contributed by atoms with Crippen LogP contribution >= 0.6 is 11.6 Å². The monoisotopic (exact) mass is 445 g/mol. The van der Waals surface area contributed by atoms with E-state index in [1.54, 1.807) is 6.92 Å². The fourth-order valence-corrected chi connectivity index (χ4v) is 4.32. The second kappa shape index (κ2) is 10.7. The predicted octanol–water partition coefficient (Wildman–Crippen LogP) is 3.72. The Kier molecular flexibility index (Phi) is 8.55. The smallest absolute Gasteiger partial charge is 0.319 e. The highest BCUT2D eigenvalue weighted by atomic mass is 35.5. The van der Waals surface area contributed by atoms with E-state index in [2.05, 4.69) is 5.32 Å². The van der Waals surface area contributed by atoms with E-state index < -0.39 is 33.4 Å². The van der Waals surface area contributed by atoms with Crippen molar-refractivity contribution in [2.45, 2.75) is 24.2 Å². The molecule has 2 aromatic rings. The molecule has 0 unspecified atom stereocenters. The van der Waals surface area contributed by atoms with Crippen molar-refractivity contribution < 1.29 is 26.7 Å². The van der Waals surface area contributed by atoms with Crippen LogP contribution in [0.2, 0.25) is 5.02 Å². The third-order valence-electron chi connectivity index (χ3n) is 4.23. The highest BCUT2D eigenvalue weighted by Crippen LogP contribution is 2.24. The fourth-order valence-electron chi connectivity index (χ4n) is 2.82. The van der Waals surface area contributed by atoms with E-state index in [0.717, 1.165) is 18.2 Å². The van der Waals surface area contributed by atoms with Gasteiger partial charge in [0.1, 0.15) is 11.6 Å². The van der Waals surface area contributed by atoms with Gasteiger partial charge < -0.3 is 10.1 Å². The van der Waals surface area contributed by atoms with Gasteiger partial charge in [-0.2, -0.15) is 0 Å². The number of carbonyl (C=O) groups excluding carboxylic acids is 1. The molecule has 0 amide bonds. The van der Waals surface area contributed by atoms with Crippen LogP contribution in [0.3, 0.4) is 0 Å². The molecule has 0 radical (unpaired) electrons. The van der Waals surface area contributed by atoms with Crippen LogP contribution in [0.25, 0.3) is 0 Å². The Morgan fingerprint density at radius 1 is 1.14 bits per heavy atom. The number of benzene rings is 2. The number of sulfone groups is 1. The molecule has 0 saturated heterocycles. The van der Waals surface area contributed by atoms with Gasteiger partial charge in [0, 0.05) is 17.6 Å². The molecule has 2 rings (SSSR count). The molecule has 0 bridgehead atoms. The summed E-state index contributed by atoms with van der Waals surface area (Å²) in [6.45, 7) is 1.97. The van der Waals surface area contributed by atoms with Crippen molar-refractivity contribution in [2.24, 2.45) is 0 Å². The Hall–Kier alpha value is -2.03. The zero-order chi connectivity index (χ0) is 21.4. The quantitative estimate of drug-likeness (QED) is 0.564. The average Bonchev–Trinajstić information content (AvgIpc) is 2.64. The van der Waals surface area contributed by atoms with E-state index in [0.29, 0.717) is 10.6 Å². The summed E-state index contributed by atoms with van der Waals surface area (Å²) in [6.07, 6.45) is 0.101. The van der Waals surface area contributed by atoms with E-state index in [9.17, 15) is 22.0 Å². The van der Waals surface area contributed by atoms with E-state index in [4.69, 9.17) is 16.3 Å². The van der Waals surface area contributed by atoms with Gasteiger partial charge in [0.05, 0.1) is 23.8 Å². The van der Waals surface area contributed by atoms with Gasteiger partial charge in [-0.3, -0.25) is 4.79 Å². The van der Waals surface area contributed by atoms with Crippen molar-refractivity contribution in [3.63, 3.8) is 0 Å². The van der Waals surface area contributed by atoms with Crippen LogP contribution in [0.15, 0.2) is 47.4 Å². The number of hydrogen-bond donors (Lipinski definition) is 1. The van der Waals surface area contributed by atoms with Gasteiger partial charge in [-0.1, -0.05) is 11.6 Å². The lowest BCUT2D eigenvalue weighted by Crippen LogP contribution is -2.29. The van der Waals surface area contributed by atoms with Crippen molar-refractivity contribution in [3.8, 4) is 0 Å². The number of esters is 1. The van der Waals surface area contributed by atoms with Crippen LogP contribution in [0.4, 0.5) is 8.78 Å². The van der Waals surface area contributed by atoms with Crippen molar-refractivity contribution in [2.75, 3.05) is 25.4 Å². The molecule has 1 atom stereocenters. The van der Waals surface area contributed by atoms with E-state index in [1.807, 2.05) is 0 Å². The maximum Gasteiger partial charge on any atom is 0.319 e. The van der Waals surface area contributed by atoms with Gasteiger partial charge >= 0.3 is 5.97 Å². The van der Waals surface area contributed by atoms with Crippen molar-refractivity contribution >= 4 is 27.4 Å². The molecule has 2 aromatic carbocycles. The first-order valence-corrected chi connectivity index (χ1v) is 11.0. The Morgan fingerprint density at radius 3 is 2.34 bits per heavy atom. The lowest BCUT2D eigenvalue weighted by atomic mass is 9.96. The third-order valence-corrected chi connectivity index (χ3v) is 6.25. The number of nitrogens with one attached hydrogen (secondary N) is 1. The first-order valence-electron chi connectivity index (χ1n) is 9.02. The summed E-state index contributed by atoms with van der Waals surface area (Å²) < 4.78 is 57.3. The maximum atomic E-state index is 13.7. The fraction of sp³-hybridized carbons (Fsp3) is 0.350. The zero-order valence-corrected chi connectivity index (χ0v) is 17.4. The molecule has 0 aliphatic carbocycles. The van der Waals surface area contributed by atoms with Crippen LogP contribution in [-0.2, 0) is 19.4 Å². The molecule has 0 fully saturated rings. The molecule has 0 saturated carbocycles. The molecule has 5 nitrogen and oxygen atoms in total. The summed E-state index contributed by atoms with van der Waals surface area (Å²) in [6, 6.07) is 8.85. The molecule has 29 heavy (non-hydrogen) atoms. The molecule has 158 valence electrons. The molecule has 0 aliphatic rings. The summed E-state index contributed by atoms with van der Waals surface area (Å²) in [4.78, 5) is 11.6. The molecule has 0 spiro atoms. The largest absolute Gasteiger partial charge is 0.465 e. The second-order valence-electron chi connectivity index (χ2n) is 6.40. The summed E-state index contributed by atoms with van der Waals surface area (Å²) in [5.41, 5.74) is 0.310. The zero-order valence-electron chi connectivity index (χ0n) is 15.8. The minimum Gasteiger partial charge on any atom is -0.465 e. The SMILES string of the molecule is CCOC(=O)CNC[C@@H](CCS(=O)(=O)c1ccc(Cl)cc1)c1cc(F)cc(F)c1. The number of rotatable bonds is 10. The maximum absolute atomic E-state index is 13.7. The Morgan fingerprint density at radius 2 is 1.76 bits per heavy atom. The summed E-state index contributed by atoms with van der Waals surface area (Å²) in [5, 5.41) is 3.28. The number of hydrogen-bond acceptors (Lipinski definition) is 5. The minimum atomic E-state index is -3.62. The van der Waals surface area contributed by atoms with E-state index in [-0.39, 0.29) is 36.8 Å². The third kappa shape index (κ3) is 7.38. The number of ether oxygens (including phenoxy) is 1. The normalized spacial score (nSPS) is 12.6. The Bertz CT molecular complexity index is 916. The van der Waals surface area contributed by atoms with Crippen molar-refractivity contribution in [3.05, 3.63) is 64.7 Å². The number of carbonyl (C=O) groups is 1. The van der Waals surface area contributed by atoms with Crippen molar-refractivity contribution in [1.82, 2.24) is 5.32 Å². The van der Waals surface area contributed by atoms with Gasteiger partial charge in [0.15, 0.2) is 9.84 Å². The standard InChI is InChI=1S/C20H22ClF2NO4S/c1-2-28-20(25)13-24-12-14(15-9-17(22)11-18(23)10-15)7-8-29(26,27)19-5-3-16(21)4-6-19/h3-6,9-11,14,24H,2,7-8,12-13H2,1H3/t14-/m1/s1. The van der Waals surface area contributed by atoms with Crippen LogP contribution in [0.5, 0.6) is 0 Å². The van der Waals surface area contributed by atoms with Gasteiger partial charge in [-0.05, 0) is 61.2 Å². The van der Waals surface area contributed by atoms with E-state index in [1.165, 1.54) is 24.3 Å². The average molecular weight is 446 g/mol. The van der Waals surface area contributed by atoms with Gasteiger partial charge in [0.2, 0.25) is 0 Å². The predicted molar refractivity (Wildman–Crippen MR) is 107 cm³/mol. The molecular weight excluding hydrogens is 424 g/mol. The van der Waals surface area contributed by atoms with Crippen molar-refractivity contribution in [1.29, 1.82) is 0 Å². The lowest BCUT2D eigenvalue weighted by Gasteiger charge is -2.18. The second-order valence-corrected chi connectivity index (χ2v) is 8.94. The molecule has 0 aliphatic heterocycles. The minimum absolute atomic E-state index is 0.0912. The summed E-state index contributed by atoms with van der Waals surface area (Å²) in [5.74, 6) is -2.74. The number of halogens is 3. The highest BCUT2D eigenvalue weighted by Gasteiger charge is 2.20. The Balaban J connectivity index is 2.13. The first-order chi connectivity index (χ1) is 13.7. The lowest BCUT2D eigenvalue weighted by molar-refractivity contribution is -0.142. The summed E-state index contributed by atoms with van der Waals surface area (Å²) in [7, 11) is -3.62. The molecule has 0 heterocycles. The molecule has 1 N–H and O–H groups in total. The van der Waals surface area contributed by atoms with E-state index >= 15 is 0 Å². The van der Waals surface area contributed by atoms with Gasteiger partial charge in [-0.25, -0.2) is 17.2 Å². The summed E-state index contributed by atoms with van der Waals surface area (Å²) >= 11 is 5.79. The first kappa shape index (κ1) is 23.3. The molecular formula is C20H22ClF2NO4S. The van der Waals surface area contributed by atoms with Crippen LogP contribution in [-0.4, -0.2) is 39.8 Å². The highest BCUT2D eigenvalue weighted by molar-refractivity contribution is 7.91.